The Hall–Kier alpha value is -3.93. The first-order chi connectivity index (χ1) is 16.2. The molecule has 0 aliphatic carbocycles. The van der Waals surface area contributed by atoms with Crippen LogP contribution in [0.1, 0.15) is 12.8 Å². The molecule has 0 radical (unpaired) electrons. The lowest BCUT2D eigenvalue weighted by Gasteiger charge is -2.12. The lowest BCUT2D eigenvalue weighted by Crippen LogP contribution is -2.07. The van der Waals surface area contributed by atoms with Crippen molar-refractivity contribution >= 4 is 11.0 Å². The second-order valence-corrected chi connectivity index (χ2v) is 7.42. The van der Waals surface area contributed by atoms with Crippen LogP contribution in [0.2, 0.25) is 0 Å². The highest BCUT2D eigenvalue weighted by Gasteiger charge is 2.14. The number of para-hydroxylation sites is 1. The van der Waals surface area contributed by atoms with Gasteiger partial charge in [0.2, 0.25) is 0 Å². The molecule has 3 aromatic carbocycles. The van der Waals surface area contributed by atoms with Gasteiger partial charge in [-0.15, -0.1) is 0 Å². The van der Waals surface area contributed by atoms with Crippen molar-refractivity contribution in [1.29, 1.82) is 0 Å². The first kappa shape index (κ1) is 22.3. The number of rotatable bonds is 10. The molecular formula is C27H26O6. The van der Waals surface area contributed by atoms with E-state index in [0.717, 1.165) is 29.9 Å². The minimum absolute atomic E-state index is 0.174. The summed E-state index contributed by atoms with van der Waals surface area (Å²) >= 11 is 0. The summed E-state index contributed by atoms with van der Waals surface area (Å²) in [4.78, 5) is 13.0. The predicted molar refractivity (Wildman–Crippen MR) is 128 cm³/mol. The highest BCUT2D eigenvalue weighted by molar-refractivity contribution is 5.86. The Bertz CT molecular complexity index is 1250. The van der Waals surface area contributed by atoms with E-state index < -0.39 is 0 Å². The van der Waals surface area contributed by atoms with E-state index >= 15 is 0 Å². The van der Waals surface area contributed by atoms with Gasteiger partial charge in [0.15, 0.2) is 5.43 Å². The van der Waals surface area contributed by atoms with Crippen molar-refractivity contribution in [3.8, 4) is 34.3 Å². The summed E-state index contributed by atoms with van der Waals surface area (Å²) in [5.74, 6) is 3.05. The molecule has 0 aliphatic heterocycles. The highest BCUT2D eigenvalue weighted by atomic mass is 16.5. The number of benzene rings is 3. The second kappa shape index (κ2) is 10.6. The fourth-order valence-electron chi connectivity index (χ4n) is 3.45. The van der Waals surface area contributed by atoms with Crippen molar-refractivity contribution in [3.05, 3.63) is 83.0 Å². The van der Waals surface area contributed by atoms with Crippen LogP contribution in [0.25, 0.3) is 22.3 Å². The van der Waals surface area contributed by atoms with Crippen LogP contribution >= 0.6 is 0 Å². The van der Waals surface area contributed by atoms with E-state index in [9.17, 15) is 4.79 Å². The maximum absolute atomic E-state index is 13.0. The highest BCUT2D eigenvalue weighted by Crippen LogP contribution is 2.32. The first-order valence-corrected chi connectivity index (χ1v) is 10.8. The molecule has 0 unspecified atom stereocenters. The Morgan fingerprint density at radius 2 is 1.42 bits per heavy atom. The summed E-state index contributed by atoms with van der Waals surface area (Å²) in [5, 5.41) is 0.397. The third-order valence-electron chi connectivity index (χ3n) is 5.19. The zero-order chi connectivity index (χ0) is 23.0. The molecule has 0 N–H and O–H groups in total. The zero-order valence-corrected chi connectivity index (χ0v) is 18.7. The van der Waals surface area contributed by atoms with Crippen molar-refractivity contribution in [1.82, 2.24) is 0 Å². The van der Waals surface area contributed by atoms with Gasteiger partial charge in [-0.05, 0) is 49.2 Å². The van der Waals surface area contributed by atoms with Crippen molar-refractivity contribution < 1.29 is 23.4 Å². The smallest absolute Gasteiger partial charge is 0.197 e. The molecule has 1 aromatic heterocycles. The van der Waals surface area contributed by atoms with Gasteiger partial charge in [0.1, 0.15) is 39.7 Å². The van der Waals surface area contributed by atoms with Gasteiger partial charge >= 0.3 is 0 Å². The van der Waals surface area contributed by atoms with Crippen molar-refractivity contribution in [2.45, 2.75) is 12.8 Å². The normalized spacial score (nSPS) is 10.7. The Labute approximate surface area is 192 Å². The van der Waals surface area contributed by atoms with Crippen LogP contribution in [0.5, 0.6) is 23.0 Å². The summed E-state index contributed by atoms with van der Waals surface area (Å²) < 4.78 is 28.3. The maximum Gasteiger partial charge on any atom is 0.197 e. The quantitative estimate of drug-likeness (QED) is 0.291. The molecule has 0 fully saturated rings. The van der Waals surface area contributed by atoms with Gasteiger partial charge in [-0.1, -0.05) is 18.2 Å². The molecule has 6 heteroatoms. The van der Waals surface area contributed by atoms with Crippen molar-refractivity contribution in [3.63, 3.8) is 0 Å². The average molecular weight is 446 g/mol. The number of ether oxygens (including phenoxy) is 4. The van der Waals surface area contributed by atoms with E-state index in [4.69, 9.17) is 23.4 Å². The van der Waals surface area contributed by atoms with Crippen LogP contribution in [-0.2, 0) is 0 Å². The Morgan fingerprint density at radius 1 is 0.727 bits per heavy atom. The second-order valence-electron chi connectivity index (χ2n) is 7.42. The number of hydrogen-bond acceptors (Lipinski definition) is 6. The molecule has 0 aliphatic rings. The number of hydrogen-bond donors (Lipinski definition) is 0. The van der Waals surface area contributed by atoms with Crippen molar-refractivity contribution in [2.75, 3.05) is 27.4 Å². The fourth-order valence-corrected chi connectivity index (χ4v) is 3.45. The van der Waals surface area contributed by atoms with Crippen LogP contribution in [0.4, 0.5) is 0 Å². The lowest BCUT2D eigenvalue weighted by atomic mass is 10.1. The summed E-state index contributed by atoms with van der Waals surface area (Å²) in [6, 6.07) is 21.9. The minimum Gasteiger partial charge on any atom is -0.497 e. The number of methoxy groups -OCH3 is 2. The Balaban J connectivity index is 1.48. The third-order valence-corrected chi connectivity index (χ3v) is 5.19. The monoisotopic (exact) mass is 446 g/mol. The predicted octanol–water partition coefficient (Wildman–Crippen LogP) is 5.72. The van der Waals surface area contributed by atoms with Crippen LogP contribution in [0.3, 0.4) is 0 Å². The summed E-state index contributed by atoms with van der Waals surface area (Å²) in [5.41, 5.74) is 1.01. The van der Waals surface area contributed by atoms with Gasteiger partial charge in [-0.25, -0.2) is 0 Å². The lowest BCUT2D eigenvalue weighted by molar-refractivity contribution is 0.267. The van der Waals surface area contributed by atoms with Gasteiger partial charge in [0.05, 0.1) is 27.4 Å². The van der Waals surface area contributed by atoms with Gasteiger partial charge < -0.3 is 23.4 Å². The van der Waals surface area contributed by atoms with E-state index in [1.807, 2.05) is 54.6 Å². The topological polar surface area (TPSA) is 67.1 Å². The molecule has 1 heterocycles. The Morgan fingerprint density at radius 3 is 2.12 bits per heavy atom. The fraction of sp³-hybridized carbons (Fsp3) is 0.222. The molecule has 0 spiro atoms. The molecule has 4 aromatic rings. The first-order valence-electron chi connectivity index (χ1n) is 10.8. The van der Waals surface area contributed by atoms with Crippen LogP contribution in [-0.4, -0.2) is 27.4 Å². The van der Waals surface area contributed by atoms with Crippen LogP contribution in [0, 0.1) is 0 Å². The third kappa shape index (κ3) is 5.47. The molecule has 0 bridgehead atoms. The van der Waals surface area contributed by atoms with Gasteiger partial charge in [-0.3, -0.25) is 4.79 Å². The molecule has 6 nitrogen and oxygen atoms in total. The van der Waals surface area contributed by atoms with Crippen LogP contribution < -0.4 is 24.4 Å². The summed E-state index contributed by atoms with van der Waals surface area (Å²) in [7, 11) is 3.17. The zero-order valence-electron chi connectivity index (χ0n) is 18.7. The molecular weight excluding hydrogens is 420 g/mol. The number of unbranched alkanes of at least 4 members (excludes halogenated alkanes) is 1. The SMILES string of the molecule is COc1ccc(-c2cc(=O)c3c(OCCCCOc4ccccc4)cc(OC)cc3o2)cc1. The van der Waals surface area contributed by atoms with Gasteiger partial charge in [-0.2, -0.15) is 0 Å². The van der Waals surface area contributed by atoms with E-state index in [0.29, 0.717) is 41.4 Å². The Kier molecular flexibility index (Phi) is 7.15. The molecule has 0 atom stereocenters. The van der Waals surface area contributed by atoms with Gasteiger partial charge in [0, 0.05) is 23.8 Å². The molecule has 0 saturated heterocycles. The molecule has 0 saturated carbocycles. The molecule has 4 rings (SSSR count). The van der Waals surface area contributed by atoms with E-state index in [1.165, 1.54) is 6.07 Å². The molecule has 33 heavy (non-hydrogen) atoms. The number of fused-ring (bicyclic) bond motifs is 1. The van der Waals surface area contributed by atoms with Gasteiger partial charge in [0.25, 0.3) is 0 Å². The van der Waals surface area contributed by atoms with E-state index in [2.05, 4.69) is 0 Å². The largest absolute Gasteiger partial charge is 0.497 e. The molecule has 170 valence electrons. The maximum atomic E-state index is 13.0. The standard InChI is InChI=1S/C27H26O6/c1-29-20-12-10-19(11-13-20)24-18-23(28)27-25(16-22(30-2)17-26(27)33-24)32-15-7-6-14-31-21-8-4-3-5-9-21/h3-5,8-13,16-18H,6-7,14-15H2,1-2H3. The minimum atomic E-state index is -0.174. The van der Waals surface area contributed by atoms with Crippen LogP contribution in [0.15, 0.2) is 82.0 Å². The van der Waals surface area contributed by atoms with E-state index in [1.54, 1.807) is 26.4 Å². The summed E-state index contributed by atoms with van der Waals surface area (Å²) in [6.07, 6.45) is 1.60. The average Bonchev–Trinajstić information content (AvgIpc) is 2.86. The summed E-state index contributed by atoms with van der Waals surface area (Å²) in [6.45, 7) is 1.04. The van der Waals surface area contributed by atoms with E-state index in [-0.39, 0.29) is 5.43 Å². The van der Waals surface area contributed by atoms with Crippen molar-refractivity contribution in [2.24, 2.45) is 0 Å². The molecule has 0 amide bonds.